The molecule has 3 N–H and O–H groups in total. The molecule has 96 valence electrons. The molecule has 0 amide bonds. The van der Waals surface area contributed by atoms with Crippen LogP contribution in [0.4, 0.5) is 0 Å². The number of hydrogen-bond acceptors (Lipinski definition) is 5. The van der Waals surface area contributed by atoms with Crippen molar-refractivity contribution in [3.8, 4) is 0 Å². The van der Waals surface area contributed by atoms with Crippen molar-refractivity contribution in [2.45, 2.75) is 23.5 Å². The molecule has 8 heteroatoms. The third kappa shape index (κ3) is 3.03. The quantitative estimate of drug-likeness (QED) is 0.660. The van der Waals surface area contributed by atoms with E-state index in [1.165, 1.54) is 12.3 Å². The fraction of sp³-hybridized carbons (Fsp3) is 0.667. The van der Waals surface area contributed by atoms with E-state index in [-0.39, 0.29) is 11.6 Å². The van der Waals surface area contributed by atoms with E-state index in [4.69, 9.17) is 4.74 Å². The lowest BCUT2D eigenvalue weighted by molar-refractivity contribution is -0.0588. The van der Waals surface area contributed by atoms with Gasteiger partial charge in [-0.25, -0.2) is 13.1 Å². The van der Waals surface area contributed by atoms with Crippen LogP contribution < -0.4 is 4.72 Å². The zero-order valence-electron chi connectivity index (χ0n) is 9.22. The maximum Gasteiger partial charge on any atom is 0.257 e. The van der Waals surface area contributed by atoms with E-state index in [0.29, 0.717) is 26.1 Å². The molecule has 17 heavy (non-hydrogen) atoms. The van der Waals surface area contributed by atoms with Crippen molar-refractivity contribution >= 4 is 10.0 Å². The third-order valence-electron chi connectivity index (χ3n) is 2.78. The first kappa shape index (κ1) is 12.5. The van der Waals surface area contributed by atoms with Crippen molar-refractivity contribution in [3.05, 3.63) is 12.3 Å². The number of hydrogen-bond donors (Lipinski definition) is 3. The van der Waals surface area contributed by atoms with E-state index in [9.17, 15) is 13.5 Å². The van der Waals surface area contributed by atoms with Crippen molar-refractivity contribution < 1.29 is 18.3 Å². The van der Waals surface area contributed by atoms with Gasteiger partial charge in [0.1, 0.15) is 0 Å². The van der Waals surface area contributed by atoms with Gasteiger partial charge in [0, 0.05) is 32.6 Å². The molecule has 1 aromatic rings. The second-order valence-corrected chi connectivity index (χ2v) is 5.82. The van der Waals surface area contributed by atoms with Crippen LogP contribution in [-0.4, -0.2) is 49.1 Å². The smallest absolute Gasteiger partial charge is 0.257 e. The largest absolute Gasteiger partial charge is 0.388 e. The van der Waals surface area contributed by atoms with Gasteiger partial charge < -0.3 is 9.84 Å². The monoisotopic (exact) mass is 261 g/mol. The third-order valence-corrected chi connectivity index (χ3v) is 4.11. The van der Waals surface area contributed by atoms with E-state index in [1.807, 2.05) is 0 Å². The first-order valence-corrected chi connectivity index (χ1v) is 6.79. The number of nitrogens with zero attached hydrogens (tertiary/aromatic N) is 1. The molecule has 0 bridgehead atoms. The van der Waals surface area contributed by atoms with Gasteiger partial charge in [0.2, 0.25) is 0 Å². The molecule has 0 unspecified atom stereocenters. The maximum absolute atomic E-state index is 11.8. The van der Waals surface area contributed by atoms with E-state index in [2.05, 4.69) is 14.9 Å². The van der Waals surface area contributed by atoms with Crippen LogP contribution in [0.15, 0.2) is 17.3 Å². The molecule has 0 atom stereocenters. The first-order chi connectivity index (χ1) is 8.02. The lowest BCUT2D eigenvalue weighted by Crippen LogP contribution is -2.46. The number of aromatic amines is 1. The fourth-order valence-electron chi connectivity index (χ4n) is 1.63. The minimum atomic E-state index is -3.62. The molecule has 0 radical (unpaired) electrons. The van der Waals surface area contributed by atoms with Crippen LogP contribution in [0.25, 0.3) is 0 Å². The number of ether oxygens (including phenoxy) is 1. The summed E-state index contributed by atoms with van der Waals surface area (Å²) in [5.74, 6) is 0. The Labute approximate surface area is 99.2 Å². The highest BCUT2D eigenvalue weighted by atomic mass is 32.2. The summed E-state index contributed by atoms with van der Waals surface area (Å²) in [4.78, 5) is 0. The SMILES string of the molecule is O=S(=O)(NCC1(O)CCOCC1)c1ccn[nH]1. The molecule has 2 heterocycles. The number of nitrogens with one attached hydrogen (secondary N) is 2. The van der Waals surface area contributed by atoms with Gasteiger partial charge >= 0.3 is 0 Å². The predicted octanol–water partition coefficient (Wildman–Crippen LogP) is -0.771. The molecule has 1 aromatic heterocycles. The van der Waals surface area contributed by atoms with Crippen LogP contribution in [0.1, 0.15) is 12.8 Å². The summed E-state index contributed by atoms with van der Waals surface area (Å²) >= 11 is 0. The van der Waals surface area contributed by atoms with Crippen molar-refractivity contribution in [1.29, 1.82) is 0 Å². The topological polar surface area (TPSA) is 104 Å². The Balaban J connectivity index is 1.98. The van der Waals surface area contributed by atoms with Crippen molar-refractivity contribution in [2.24, 2.45) is 0 Å². The van der Waals surface area contributed by atoms with Gasteiger partial charge in [0.25, 0.3) is 10.0 Å². The minimum absolute atomic E-state index is 0.00633. The number of aliphatic hydroxyl groups is 1. The standard InChI is InChI=1S/C9H15N3O4S/c13-9(2-5-16-6-3-9)7-11-17(14,15)8-1-4-10-12-8/h1,4,11,13H,2-3,5-7H2,(H,10,12). The fourth-order valence-corrected chi connectivity index (χ4v) is 2.66. The summed E-state index contributed by atoms with van der Waals surface area (Å²) in [6.07, 6.45) is 2.22. The van der Waals surface area contributed by atoms with Crippen LogP contribution in [0.3, 0.4) is 0 Å². The van der Waals surface area contributed by atoms with E-state index in [0.717, 1.165) is 0 Å². The highest BCUT2D eigenvalue weighted by Gasteiger charge is 2.31. The number of rotatable bonds is 4. The van der Waals surface area contributed by atoms with Gasteiger partial charge in [-0.1, -0.05) is 0 Å². The Bertz CT molecular complexity index is 451. The Kier molecular flexibility index (Phi) is 3.48. The Morgan fingerprint density at radius 2 is 2.24 bits per heavy atom. The van der Waals surface area contributed by atoms with Gasteiger partial charge in [-0.3, -0.25) is 5.10 Å². The van der Waals surface area contributed by atoms with Crippen LogP contribution >= 0.6 is 0 Å². The predicted molar refractivity (Wildman–Crippen MR) is 58.8 cm³/mol. The summed E-state index contributed by atoms with van der Waals surface area (Å²) in [7, 11) is -3.62. The highest BCUT2D eigenvalue weighted by molar-refractivity contribution is 7.89. The molecule has 1 aliphatic rings. The molecule has 1 fully saturated rings. The van der Waals surface area contributed by atoms with Crippen molar-refractivity contribution in [2.75, 3.05) is 19.8 Å². The Hall–Kier alpha value is -0.960. The van der Waals surface area contributed by atoms with Crippen LogP contribution in [0.5, 0.6) is 0 Å². The minimum Gasteiger partial charge on any atom is -0.388 e. The summed E-state index contributed by atoms with van der Waals surface area (Å²) < 4.78 is 31.0. The molecule has 0 aliphatic carbocycles. The van der Waals surface area contributed by atoms with Crippen LogP contribution in [-0.2, 0) is 14.8 Å². The first-order valence-electron chi connectivity index (χ1n) is 5.31. The average molecular weight is 261 g/mol. The maximum atomic E-state index is 11.8. The van der Waals surface area contributed by atoms with Gasteiger partial charge in [-0.2, -0.15) is 5.10 Å². The summed E-state index contributed by atoms with van der Waals surface area (Å²) in [5, 5.41) is 16.0. The van der Waals surface area contributed by atoms with Gasteiger partial charge in [-0.15, -0.1) is 0 Å². The lowest BCUT2D eigenvalue weighted by atomic mass is 9.95. The molecular weight excluding hydrogens is 246 g/mol. The molecule has 0 aromatic carbocycles. The molecule has 2 rings (SSSR count). The van der Waals surface area contributed by atoms with Crippen LogP contribution in [0, 0.1) is 0 Å². The zero-order valence-corrected chi connectivity index (χ0v) is 10.0. The van der Waals surface area contributed by atoms with Crippen LogP contribution in [0.2, 0.25) is 0 Å². The highest BCUT2D eigenvalue weighted by Crippen LogP contribution is 2.19. The second-order valence-electron chi connectivity index (χ2n) is 4.08. The summed E-state index contributed by atoms with van der Waals surface area (Å²) in [6.45, 7) is 0.877. The Morgan fingerprint density at radius 3 is 2.82 bits per heavy atom. The van der Waals surface area contributed by atoms with E-state index in [1.54, 1.807) is 0 Å². The number of aromatic nitrogens is 2. The van der Waals surface area contributed by atoms with Gasteiger partial charge in [0.05, 0.1) is 11.8 Å². The lowest BCUT2D eigenvalue weighted by Gasteiger charge is -2.31. The molecule has 1 aliphatic heterocycles. The summed E-state index contributed by atoms with van der Waals surface area (Å²) in [6, 6.07) is 1.36. The zero-order chi connectivity index (χ0) is 12.4. The summed E-state index contributed by atoms with van der Waals surface area (Å²) in [5.41, 5.74) is -1.02. The van der Waals surface area contributed by atoms with E-state index < -0.39 is 15.6 Å². The molecule has 0 saturated carbocycles. The second kappa shape index (κ2) is 4.73. The van der Waals surface area contributed by atoms with Gasteiger partial charge in [-0.05, 0) is 6.07 Å². The van der Waals surface area contributed by atoms with Crippen molar-refractivity contribution in [1.82, 2.24) is 14.9 Å². The number of H-pyrrole nitrogens is 1. The normalized spacial score (nSPS) is 20.3. The van der Waals surface area contributed by atoms with E-state index >= 15 is 0 Å². The average Bonchev–Trinajstić information content (AvgIpc) is 2.82. The molecule has 7 nitrogen and oxygen atoms in total. The molecular formula is C9H15N3O4S. The number of sulfonamides is 1. The van der Waals surface area contributed by atoms with Crippen molar-refractivity contribution in [3.63, 3.8) is 0 Å². The van der Waals surface area contributed by atoms with Gasteiger partial charge in [0.15, 0.2) is 5.03 Å². The molecule has 0 spiro atoms. The Morgan fingerprint density at radius 1 is 1.53 bits per heavy atom. The molecule has 1 saturated heterocycles.